The molecule has 0 aromatic heterocycles. The van der Waals surface area contributed by atoms with Gasteiger partial charge in [-0.05, 0) is 30.9 Å². The van der Waals surface area contributed by atoms with E-state index in [1.807, 2.05) is 11.8 Å². The lowest BCUT2D eigenvalue weighted by molar-refractivity contribution is -0.143. The molecule has 9 heteroatoms. The molecule has 1 aromatic rings. The first-order valence-corrected chi connectivity index (χ1v) is 9.40. The van der Waals surface area contributed by atoms with Crippen molar-refractivity contribution < 1.29 is 28.2 Å². The standard InChI is InChI=1S/C19H25F2N3O4/c1-12-8-13(17(25)26)10-24(9-12)19(27)22-14-6-7-23(11-14)15-4-2-3-5-16(15)28-18(20)21/h2-5,12-14,18H,6-11H2,1H3,(H,22,27)(H,25,26). The first kappa shape index (κ1) is 20.2. The summed E-state index contributed by atoms with van der Waals surface area (Å²) in [7, 11) is 0. The van der Waals surface area contributed by atoms with Crippen molar-refractivity contribution in [2.45, 2.75) is 32.4 Å². The number of piperidine rings is 1. The van der Waals surface area contributed by atoms with Gasteiger partial charge in [0, 0.05) is 32.2 Å². The van der Waals surface area contributed by atoms with Gasteiger partial charge in [-0.3, -0.25) is 4.79 Å². The molecule has 2 N–H and O–H groups in total. The van der Waals surface area contributed by atoms with E-state index in [1.165, 1.54) is 6.07 Å². The summed E-state index contributed by atoms with van der Waals surface area (Å²) in [5.41, 5.74) is 0.567. The number of likely N-dealkylation sites (tertiary alicyclic amines) is 1. The molecule has 2 aliphatic heterocycles. The van der Waals surface area contributed by atoms with Gasteiger partial charge in [0.2, 0.25) is 0 Å². The number of benzene rings is 1. The maximum Gasteiger partial charge on any atom is 0.387 e. The summed E-state index contributed by atoms with van der Waals surface area (Å²) in [5, 5.41) is 12.2. The van der Waals surface area contributed by atoms with Crippen LogP contribution in [0, 0.1) is 11.8 Å². The van der Waals surface area contributed by atoms with Crippen LogP contribution in [-0.4, -0.2) is 60.8 Å². The molecule has 154 valence electrons. The fourth-order valence-electron chi connectivity index (χ4n) is 3.97. The number of carbonyl (C=O) groups excluding carboxylic acids is 1. The molecule has 3 unspecified atom stereocenters. The van der Waals surface area contributed by atoms with Crippen LogP contribution in [0.5, 0.6) is 5.75 Å². The number of amides is 2. The van der Waals surface area contributed by atoms with Crippen LogP contribution in [0.2, 0.25) is 0 Å². The van der Waals surface area contributed by atoms with Gasteiger partial charge in [0.15, 0.2) is 0 Å². The molecule has 0 aliphatic carbocycles. The van der Waals surface area contributed by atoms with E-state index in [0.29, 0.717) is 38.2 Å². The number of hydrogen-bond acceptors (Lipinski definition) is 4. The Balaban J connectivity index is 1.59. The third-order valence-electron chi connectivity index (χ3n) is 5.23. The molecule has 0 radical (unpaired) electrons. The van der Waals surface area contributed by atoms with Crippen molar-refractivity contribution in [1.82, 2.24) is 10.2 Å². The third-order valence-corrected chi connectivity index (χ3v) is 5.23. The number of alkyl halides is 2. The van der Waals surface area contributed by atoms with Gasteiger partial charge in [-0.1, -0.05) is 19.1 Å². The highest BCUT2D eigenvalue weighted by Crippen LogP contribution is 2.32. The van der Waals surface area contributed by atoms with E-state index in [4.69, 9.17) is 0 Å². The second-order valence-corrected chi connectivity index (χ2v) is 7.51. The number of ether oxygens (including phenoxy) is 1. The van der Waals surface area contributed by atoms with E-state index >= 15 is 0 Å². The number of hydrogen-bond donors (Lipinski definition) is 2. The number of carbonyl (C=O) groups is 2. The second kappa shape index (κ2) is 8.62. The monoisotopic (exact) mass is 397 g/mol. The quantitative estimate of drug-likeness (QED) is 0.798. The fourth-order valence-corrected chi connectivity index (χ4v) is 3.97. The highest BCUT2D eigenvalue weighted by Gasteiger charge is 2.34. The summed E-state index contributed by atoms with van der Waals surface area (Å²) < 4.78 is 29.8. The first-order valence-electron chi connectivity index (χ1n) is 9.40. The molecule has 2 heterocycles. The number of nitrogens with one attached hydrogen (secondary N) is 1. The maximum absolute atomic E-state index is 12.6. The van der Waals surface area contributed by atoms with Crippen molar-refractivity contribution >= 4 is 17.7 Å². The highest BCUT2D eigenvalue weighted by atomic mass is 19.3. The van der Waals surface area contributed by atoms with E-state index in [1.54, 1.807) is 23.1 Å². The number of carboxylic acids is 1. The predicted octanol–water partition coefficient (Wildman–Crippen LogP) is 2.62. The molecule has 3 atom stereocenters. The molecule has 3 rings (SSSR count). The average molecular weight is 397 g/mol. The first-order chi connectivity index (χ1) is 13.3. The molecular formula is C19H25F2N3O4. The molecule has 7 nitrogen and oxygen atoms in total. The molecule has 0 saturated carbocycles. The summed E-state index contributed by atoms with van der Waals surface area (Å²) in [6, 6.07) is 6.17. The summed E-state index contributed by atoms with van der Waals surface area (Å²) in [6.45, 7) is 0.836. The molecular weight excluding hydrogens is 372 g/mol. The van der Waals surface area contributed by atoms with Gasteiger partial charge < -0.3 is 25.0 Å². The van der Waals surface area contributed by atoms with Gasteiger partial charge in [-0.2, -0.15) is 8.78 Å². The molecule has 2 saturated heterocycles. The van der Waals surface area contributed by atoms with Gasteiger partial charge in [-0.15, -0.1) is 0 Å². The lowest BCUT2D eigenvalue weighted by Gasteiger charge is -2.35. The van der Waals surface area contributed by atoms with Crippen LogP contribution < -0.4 is 15.0 Å². The Hall–Kier alpha value is -2.58. The smallest absolute Gasteiger partial charge is 0.387 e. The molecule has 28 heavy (non-hydrogen) atoms. The summed E-state index contributed by atoms with van der Waals surface area (Å²) in [5.74, 6) is -1.20. The molecule has 0 bridgehead atoms. The van der Waals surface area contributed by atoms with Crippen LogP contribution in [0.3, 0.4) is 0 Å². The second-order valence-electron chi connectivity index (χ2n) is 7.51. The Kier molecular flexibility index (Phi) is 6.21. The van der Waals surface area contributed by atoms with Crippen LogP contribution in [0.15, 0.2) is 24.3 Å². The van der Waals surface area contributed by atoms with Crippen molar-refractivity contribution in [2.24, 2.45) is 11.8 Å². The minimum atomic E-state index is -2.90. The van der Waals surface area contributed by atoms with Crippen LogP contribution in [0.25, 0.3) is 0 Å². The van der Waals surface area contributed by atoms with Gasteiger partial charge >= 0.3 is 18.6 Å². The molecule has 2 amide bonds. The third kappa shape index (κ3) is 4.82. The summed E-state index contributed by atoms with van der Waals surface area (Å²) >= 11 is 0. The van der Waals surface area contributed by atoms with Crippen molar-refractivity contribution in [3.8, 4) is 5.75 Å². The highest BCUT2D eigenvalue weighted by molar-refractivity contribution is 5.77. The van der Waals surface area contributed by atoms with E-state index in [-0.39, 0.29) is 30.3 Å². The number of rotatable bonds is 5. The Morgan fingerprint density at radius 3 is 2.71 bits per heavy atom. The lowest BCUT2D eigenvalue weighted by atomic mass is 9.91. The van der Waals surface area contributed by atoms with Crippen LogP contribution in [0.1, 0.15) is 19.8 Å². The molecule has 2 fully saturated rings. The van der Waals surface area contributed by atoms with Crippen LogP contribution >= 0.6 is 0 Å². The maximum atomic E-state index is 12.6. The minimum Gasteiger partial charge on any atom is -0.481 e. The predicted molar refractivity (Wildman–Crippen MR) is 98.7 cm³/mol. The van der Waals surface area contributed by atoms with Crippen LogP contribution in [-0.2, 0) is 4.79 Å². The number of nitrogens with zero attached hydrogens (tertiary/aromatic N) is 2. The number of carboxylic acid groups (broad SMARTS) is 1. The number of urea groups is 1. The van der Waals surface area contributed by atoms with Crippen LogP contribution in [0.4, 0.5) is 19.3 Å². The number of para-hydroxylation sites is 2. The van der Waals surface area contributed by atoms with E-state index in [9.17, 15) is 23.5 Å². The minimum absolute atomic E-state index is 0.110. The van der Waals surface area contributed by atoms with Crippen molar-refractivity contribution in [3.05, 3.63) is 24.3 Å². The molecule has 2 aliphatic rings. The summed E-state index contributed by atoms with van der Waals surface area (Å²) in [6.07, 6.45) is 1.23. The number of halogens is 2. The Labute approximate surface area is 162 Å². The van der Waals surface area contributed by atoms with E-state index in [2.05, 4.69) is 10.1 Å². The number of aliphatic carboxylic acids is 1. The van der Waals surface area contributed by atoms with Crippen molar-refractivity contribution in [3.63, 3.8) is 0 Å². The summed E-state index contributed by atoms with van der Waals surface area (Å²) in [4.78, 5) is 27.4. The Morgan fingerprint density at radius 2 is 2.00 bits per heavy atom. The normalized spacial score (nSPS) is 25.1. The van der Waals surface area contributed by atoms with Gasteiger partial charge in [0.05, 0.1) is 11.6 Å². The SMILES string of the molecule is CC1CC(C(=O)O)CN(C(=O)NC2CCN(c3ccccc3OC(F)F)C2)C1. The zero-order valence-electron chi connectivity index (χ0n) is 15.7. The van der Waals surface area contributed by atoms with E-state index in [0.717, 1.165) is 0 Å². The molecule has 0 spiro atoms. The zero-order chi connectivity index (χ0) is 20.3. The lowest BCUT2D eigenvalue weighted by Crippen LogP contribution is -2.52. The van der Waals surface area contributed by atoms with Gasteiger partial charge in [0.1, 0.15) is 5.75 Å². The largest absolute Gasteiger partial charge is 0.481 e. The van der Waals surface area contributed by atoms with E-state index < -0.39 is 18.5 Å². The van der Waals surface area contributed by atoms with Gasteiger partial charge in [-0.25, -0.2) is 4.79 Å². The zero-order valence-corrected chi connectivity index (χ0v) is 15.7. The Bertz CT molecular complexity index is 718. The van der Waals surface area contributed by atoms with Crippen molar-refractivity contribution in [2.75, 3.05) is 31.1 Å². The molecule has 1 aromatic carbocycles. The topological polar surface area (TPSA) is 82.1 Å². The average Bonchev–Trinajstić information content (AvgIpc) is 3.09. The van der Waals surface area contributed by atoms with Gasteiger partial charge in [0.25, 0.3) is 0 Å². The fraction of sp³-hybridized carbons (Fsp3) is 0.579. The van der Waals surface area contributed by atoms with Crippen molar-refractivity contribution in [1.29, 1.82) is 0 Å². The Morgan fingerprint density at radius 1 is 1.25 bits per heavy atom. The number of anilines is 1.